The van der Waals surface area contributed by atoms with E-state index in [1.165, 1.54) is 7.11 Å². The lowest BCUT2D eigenvalue weighted by atomic mass is 9.98. The molecule has 6 heteroatoms. The molecule has 0 spiro atoms. The molecule has 0 radical (unpaired) electrons. The van der Waals surface area contributed by atoms with Gasteiger partial charge in [-0.05, 0) is 25.9 Å². The third-order valence-electron chi connectivity index (χ3n) is 3.71. The van der Waals surface area contributed by atoms with E-state index in [1.54, 1.807) is 7.05 Å². The van der Waals surface area contributed by atoms with Gasteiger partial charge >= 0.3 is 0 Å². The molecule has 2 unspecified atom stereocenters. The molecule has 0 aromatic heterocycles. The van der Waals surface area contributed by atoms with E-state index in [0.717, 1.165) is 6.07 Å². The number of hydrogen-bond donors (Lipinski definition) is 2. The molecule has 106 valence electrons. The zero-order valence-electron chi connectivity index (χ0n) is 11.0. The van der Waals surface area contributed by atoms with Gasteiger partial charge in [0.2, 0.25) is 0 Å². The maximum atomic E-state index is 14.0. The van der Waals surface area contributed by atoms with Crippen LogP contribution in [0.4, 0.5) is 8.78 Å². The average Bonchev–Trinajstić information content (AvgIpc) is 2.76. The Morgan fingerprint density at radius 3 is 2.74 bits per heavy atom. The zero-order chi connectivity index (χ0) is 14.2. The number of halogens is 2. The Labute approximate surface area is 110 Å². The average molecular weight is 272 g/mol. The van der Waals surface area contributed by atoms with Gasteiger partial charge in [-0.3, -0.25) is 4.90 Å². The molecule has 0 amide bonds. The maximum Gasteiger partial charge on any atom is 0.167 e. The first-order valence-corrected chi connectivity index (χ1v) is 6.14. The quantitative estimate of drug-likeness (QED) is 0.878. The molecule has 1 heterocycles. The highest BCUT2D eigenvalue weighted by molar-refractivity contribution is 5.48. The fourth-order valence-corrected chi connectivity index (χ4v) is 2.69. The van der Waals surface area contributed by atoms with Crippen molar-refractivity contribution >= 4 is 0 Å². The number of methoxy groups -OCH3 is 1. The Morgan fingerprint density at radius 1 is 1.53 bits per heavy atom. The molecule has 1 aromatic carbocycles. The summed E-state index contributed by atoms with van der Waals surface area (Å²) in [6, 6.07) is 0.460. The van der Waals surface area contributed by atoms with Gasteiger partial charge in [0.05, 0.1) is 12.7 Å². The third-order valence-corrected chi connectivity index (χ3v) is 3.71. The molecule has 0 saturated carbocycles. The number of ether oxygens (including phenoxy) is 1. The van der Waals surface area contributed by atoms with E-state index < -0.39 is 17.7 Å². The van der Waals surface area contributed by atoms with Crippen molar-refractivity contribution in [1.29, 1.82) is 0 Å². The lowest BCUT2D eigenvalue weighted by molar-refractivity contribution is 0.287. The summed E-state index contributed by atoms with van der Waals surface area (Å²) in [6.07, 6.45) is 0.587. The second-order valence-corrected chi connectivity index (χ2v) is 4.93. The molecule has 0 aliphatic carbocycles. The monoisotopic (exact) mass is 272 g/mol. The smallest absolute Gasteiger partial charge is 0.167 e. The summed E-state index contributed by atoms with van der Waals surface area (Å²) in [5.74, 6) is -2.22. The summed E-state index contributed by atoms with van der Waals surface area (Å²) in [5.41, 5.74) is 5.57. The number of hydrogen-bond acceptors (Lipinski definition) is 4. The van der Waals surface area contributed by atoms with Gasteiger partial charge in [0.15, 0.2) is 23.1 Å². The largest absolute Gasteiger partial charge is 0.504 e. The standard InChI is InChI=1S/C13H18F2N2O2/c1-17-6-7(5-16)3-9(17)11-12(15)8(14)4-10(19-2)13(11)18/h4,7,9,18H,3,5-6,16H2,1-2H3. The zero-order valence-corrected chi connectivity index (χ0v) is 11.0. The fourth-order valence-electron chi connectivity index (χ4n) is 2.69. The van der Waals surface area contributed by atoms with Gasteiger partial charge in [-0.2, -0.15) is 0 Å². The highest BCUT2D eigenvalue weighted by Crippen LogP contribution is 2.43. The minimum absolute atomic E-state index is 0.0460. The molecule has 1 aliphatic rings. The van der Waals surface area contributed by atoms with E-state index in [-0.39, 0.29) is 23.0 Å². The molecule has 1 aromatic rings. The fraction of sp³-hybridized carbons (Fsp3) is 0.538. The highest BCUT2D eigenvalue weighted by atomic mass is 19.2. The van der Waals surface area contributed by atoms with Gasteiger partial charge in [0, 0.05) is 18.7 Å². The number of nitrogens with zero attached hydrogens (tertiary/aromatic N) is 1. The number of phenols is 1. The summed E-state index contributed by atoms with van der Waals surface area (Å²) in [6.45, 7) is 1.18. The van der Waals surface area contributed by atoms with Crippen LogP contribution in [-0.4, -0.2) is 37.3 Å². The van der Waals surface area contributed by atoms with E-state index >= 15 is 0 Å². The van der Waals surface area contributed by atoms with Crippen LogP contribution in [0, 0.1) is 17.6 Å². The van der Waals surface area contributed by atoms with Crippen molar-refractivity contribution in [2.24, 2.45) is 11.7 Å². The van der Waals surface area contributed by atoms with Gasteiger partial charge < -0.3 is 15.6 Å². The van der Waals surface area contributed by atoms with Crippen molar-refractivity contribution in [3.05, 3.63) is 23.3 Å². The van der Waals surface area contributed by atoms with Crippen molar-refractivity contribution in [1.82, 2.24) is 4.90 Å². The normalized spacial score (nSPS) is 23.8. The minimum Gasteiger partial charge on any atom is -0.504 e. The SMILES string of the molecule is COc1cc(F)c(F)c(C2CC(CN)CN2C)c1O. The van der Waals surface area contributed by atoms with Crippen molar-refractivity contribution < 1.29 is 18.6 Å². The lowest BCUT2D eigenvalue weighted by Gasteiger charge is -2.22. The predicted octanol–water partition coefficient (Wildman–Crippen LogP) is 1.63. The van der Waals surface area contributed by atoms with Crippen molar-refractivity contribution in [2.75, 3.05) is 27.2 Å². The van der Waals surface area contributed by atoms with Gasteiger partial charge in [0.1, 0.15) is 0 Å². The Kier molecular flexibility index (Phi) is 3.91. The van der Waals surface area contributed by atoms with E-state index in [4.69, 9.17) is 10.5 Å². The minimum atomic E-state index is -1.02. The van der Waals surface area contributed by atoms with Crippen LogP contribution in [0.2, 0.25) is 0 Å². The van der Waals surface area contributed by atoms with Crippen LogP contribution in [0.15, 0.2) is 6.07 Å². The number of phenolic OH excluding ortho intramolecular Hbond substituents is 1. The van der Waals surface area contributed by atoms with Crippen LogP contribution in [0.1, 0.15) is 18.0 Å². The second kappa shape index (κ2) is 5.30. The van der Waals surface area contributed by atoms with Gasteiger partial charge in [-0.15, -0.1) is 0 Å². The van der Waals surface area contributed by atoms with E-state index in [1.807, 2.05) is 4.90 Å². The lowest BCUT2D eigenvalue weighted by Crippen LogP contribution is -2.21. The van der Waals surface area contributed by atoms with Crippen LogP contribution >= 0.6 is 0 Å². The van der Waals surface area contributed by atoms with Crippen LogP contribution < -0.4 is 10.5 Å². The molecular weight excluding hydrogens is 254 g/mol. The van der Waals surface area contributed by atoms with Crippen molar-refractivity contribution in [2.45, 2.75) is 12.5 Å². The van der Waals surface area contributed by atoms with Crippen molar-refractivity contribution in [3.8, 4) is 11.5 Å². The Balaban J connectivity index is 2.47. The van der Waals surface area contributed by atoms with Crippen LogP contribution in [0.5, 0.6) is 11.5 Å². The maximum absolute atomic E-state index is 14.0. The molecule has 0 bridgehead atoms. The number of rotatable bonds is 3. The molecule has 1 fully saturated rings. The topological polar surface area (TPSA) is 58.7 Å². The number of likely N-dealkylation sites (tertiary alicyclic amines) is 1. The Bertz CT molecular complexity index is 482. The first-order valence-electron chi connectivity index (χ1n) is 6.14. The summed E-state index contributed by atoms with van der Waals surface area (Å²) in [7, 11) is 3.10. The summed E-state index contributed by atoms with van der Waals surface area (Å²) in [4.78, 5) is 1.87. The Morgan fingerprint density at radius 2 is 2.21 bits per heavy atom. The van der Waals surface area contributed by atoms with Crippen LogP contribution in [0.3, 0.4) is 0 Å². The molecular formula is C13H18F2N2O2. The predicted molar refractivity (Wildman–Crippen MR) is 67.1 cm³/mol. The van der Waals surface area contributed by atoms with Crippen LogP contribution in [0.25, 0.3) is 0 Å². The number of aromatic hydroxyl groups is 1. The molecule has 2 rings (SSSR count). The molecule has 19 heavy (non-hydrogen) atoms. The summed E-state index contributed by atoms with van der Waals surface area (Å²) < 4.78 is 32.4. The first-order chi connectivity index (χ1) is 8.99. The van der Waals surface area contributed by atoms with E-state index in [0.29, 0.717) is 19.5 Å². The van der Waals surface area contributed by atoms with E-state index in [9.17, 15) is 13.9 Å². The molecule has 4 nitrogen and oxygen atoms in total. The third kappa shape index (κ3) is 2.37. The van der Waals surface area contributed by atoms with Crippen molar-refractivity contribution in [3.63, 3.8) is 0 Å². The molecule has 1 aliphatic heterocycles. The first kappa shape index (κ1) is 14.0. The van der Waals surface area contributed by atoms with E-state index in [2.05, 4.69) is 0 Å². The summed E-state index contributed by atoms with van der Waals surface area (Å²) in [5, 5.41) is 10.0. The second-order valence-electron chi connectivity index (χ2n) is 4.93. The molecule has 2 atom stereocenters. The van der Waals surface area contributed by atoms with Gasteiger partial charge in [-0.1, -0.05) is 0 Å². The summed E-state index contributed by atoms with van der Waals surface area (Å²) >= 11 is 0. The van der Waals surface area contributed by atoms with Gasteiger partial charge in [-0.25, -0.2) is 8.78 Å². The number of nitrogens with two attached hydrogens (primary N) is 1. The van der Waals surface area contributed by atoms with Crippen LogP contribution in [-0.2, 0) is 0 Å². The highest BCUT2D eigenvalue weighted by Gasteiger charge is 2.35. The molecule has 3 N–H and O–H groups in total. The number of benzene rings is 1. The Hall–Kier alpha value is -1.40. The van der Waals surface area contributed by atoms with Gasteiger partial charge in [0.25, 0.3) is 0 Å². The molecule has 1 saturated heterocycles.